The Morgan fingerprint density at radius 2 is 2.28 bits per heavy atom. The lowest BCUT2D eigenvalue weighted by atomic mass is 10.1. The van der Waals surface area contributed by atoms with E-state index in [2.05, 4.69) is 56.6 Å². The summed E-state index contributed by atoms with van der Waals surface area (Å²) in [4.78, 5) is 11.8. The van der Waals surface area contributed by atoms with Crippen molar-refractivity contribution in [3.63, 3.8) is 0 Å². The normalized spacial score (nSPS) is 29.2. The van der Waals surface area contributed by atoms with Gasteiger partial charge in [-0.15, -0.1) is 0 Å². The van der Waals surface area contributed by atoms with Crippen LogP contribution in [-0.2, 0) is 0 Å². The summed E-state index contributed by atoms with van der Waals surface area (Å²) in [6.45, 7) is 6.24. The van der Waals surface area contributed by atoms with Crippen molar-refractivity contribution in [2.24, 2.45) is 4.99 Å². The monoisotopic (exact) mass is 244 g/mol. The number of hydrogen-bond donors (Lipinski definition) is 0. The maximum atomic E-state index is 4.69. The maximum Gasteiger partial charge on any atom is 0.360 e. The zero-order chi connectivity index (χ0) is 12.3. The van der Waals surface area contributed by atoms with E-state index in [1.807, 2.05) is 0 Å². The van der Waals surface area contributed by atoms with Gasteiger partial charge in [-0.3, -0.25) is 9.48 Å². The molecule has 0 aliphatic carbocycles. The Morgan fingerprint density at radius 3 is 3.17 bits per heavy atom. The molecule has 0 bridgehead atoms. The highest BCUT2D eigenvalue weighted by atomic mass is 15.6. The quantitative estimate of drug-likeness (QED) is 0.565. The summed E-state index contributed by atoms with van der Waals surface area (Å²) in [5.41, 5.74) is 1.29. The molecule has 5 nitrogen and oxygen atoms in total. The van der Waals surface area contributed by atoms with Gasteiger partial charge in [0.1, 0.15) is 0 Å². The van der Waals surface area contributed by atoms with Crippen LogP contribution >= 0.6 is 0 Å². The Morgan fingerprint density at radius 1 is 1.39 bits per heavy atom. The van der Waals surface area contributed by atoms with Gasteiger partial charge in [-0.1, -0.05) is 6.08 Å². The predicted octanol–water partition coefficient (Wildman–Crippen LogP) is 0.0872. The van der Waals surface area contributed by atoms with Crippen molar-refractivity contribution in [3.8, 4) is 0 Å². The van der Waals surface area contributed by atoms with Crippen LogP contribution in [0.1, 0.15) is 6.92 Å². The van der Waals surface area contributed by atoms with Crippen LogP contribution in [0, 0.1) is 0 Å². The molecule has 1 atom stereocenters. The standard InChI is InChI=1S/C13H18N5/c1-10-3-4-11-16-8-7-15(2)13(16)17-6-5-14-12(17)18(11)9-10/h3-4,9,11H,5-8H2,1-2H3/q+1/t11-/m1/s1. The van der Waals surface area contributed by atoms with Crippen molar-refractivity contribution in [2.75, 3.05) is 33.2 Å². The summed E-state index contributed by atoms with van der Waals surface area (Å²) < 4.78 is 2.34. The molecule has 1 fully saturated rings. The Hall–Kier alpha value is -1.78. The fourth-order valence-corrected chi connectivity index (χ4v) is 3.23. The summed E-state index contributed by atoms with van der Waals surface area (Å²) in [7, 11) is 2.18. The first-order chi connectivity index (χ1) is 8.75. The van der Waals surface area contributed by atoms with E-state index in [0.717, 1.165) is 32.1 Å². The minimum absolute atomic E-state index is 0.307. The van der Waals surface area contributed by atoms with Crippen LogP contribution in [0.3, 0.4) is 0 Å². The molecule has 0 radical (unpaired) electrons. The molecule has 4 heterocycles. The van der Waals surface area contributed by atoms with Crippen LogP contribution in [-0.4, -0.2) is 70.6 Å². The van der Waals surface area contributed by atoms with Crippen molar-refractivity contribution >= 4 is 11.9 Å². The number of rotatable bonds is 0. The van der Waals surface area contributed by atoms with E-state index < -0.39 is 0 Å². The number of nitrogens with zero attached hydrogens (tertiary/aromatic N) is 5. The van der Waals surface area contributed by atoms with Gasteiger partial charge >= 0.3 is 5.96 Å². The fraction of sp³-hybridized carbons (Fsp3) is 0.538. The fourth-order valence-electron chi connectivity index (χ4n) is 3.23. The SMILES string of the molecule is CC1=CN2C3=NCCN3C3=[N+](C)CCN3[C@H]2C=C1. The highest BCUT2D eigenvalue weighted by Gasteiger charge is 2.50. The average Bonchev–Trinajstić information content (AvgIpc) is 2.95. The summed E-state index contributed by atoms with van der Waals surface area (Å²) in [6, 6.07) is 0. The molecule has 5 heteroatoms. The molecule has 0 saturated carbocycles. The highest BCUT2D eigenvalue weighted by Crippen LogP contribution is 2.28. The Balaban J connectivity index is 1.85. The van der Waals surface area contributed by atoms with E-state index in [-0.39, 0.29) is 0 Å². The molecule has 0 N–H and O–H groups in total. The van der Waals surface area contributed by atoms with Crippen molar-refractivity contribution < 1.29 is 4.58 Å². The maximum absolute atomic E-state index is 4.69. The molecule has 0 unspecified atom stereocenters. The molecule has 4 aliphatic rings. The number of fused-ring (bicyclic) bond motifs is 6. The van der Waals surface area contributed by atoms with Gasteiger partial charge < -0.3 is 0 Å². The lowest BCUT2D eigenvalue weighted by Gasteiger charge is -2.41. The molecule has 18 heavy (non-hydrogen) atoms. The van der Waals surface area contributed by atoms with Gasteiger partial charge in [-0.25, -0.2) is 9.89 Å². The second-order valence-corrected chi connectivity index (χ2v) is 5.30. The molecule has 0 amide bonds. The number of allylic oxidation sites excluding steroid dienone is 2. The molecule has 0 aromatic rings. The summed E-state index contributed by atoms with van der Waals surface area (Å²) in [5, 5.41) is 0. The van der Waals surface area contributed by atoms with Gasteiger partial charge in [-0.2, -0.15) is 4.90 Å². The van der Waals surface area contributed by atoms with Gasteiger partial charge in [0.15, 0.2) is 6.17 Å². The predicted molar refractivity (Wildman–Crippen MR) is 70.3 cm³/mol. The largest absolute Gasteiger partial charge is 0.360 e. The van der Waals surface area contributed by atoms with E-state index in [4.69, 9.17) is 0 Å². The van der Waals surface area contributed by atoms with Gasteiger partial charge in [0.05, 0.1) is 33.2 Å². The van der Waals surface area contributed by atoms with Crippen LogP contribution < -0.4 is 0 Å². The summed E-state index contributed by atoms with van der Waals surface area (Å²) in [5.74, 6) is 2.44. The third kappa shape index (κ3) is 1.16. The van der Waals surface area contributed by atoms with Crippen LogP contribution in [0.2, 0.25) is 0 Å². The summed E-state index contributed by atoms with van der Waals surface area (Å²) in [6.07, 6.45) is 7.02. The van der Waals surface area contributed by atoms with Crippen molar-refractivity contribution in [3.05, 3.63) is 23.9 Å². The second-order valence-electron chi connectivity index (χ2n) is 5.30. The number of hydrogen-bond acceptors (Lipinski definition) is 4. The first-order valence-electron chi connectivity index (χ1n) is 6.57. The first kappa shape index (κ1) is 10.2. The Labute approximate surface area is 107 Å². The van der Waals surface area contributed by atoms with Crippen molar-refractivity contribution in [2.45, 2.75) is 13.1 Å². The zero-order valence-electron chi connectivity index (χ0n) is 10.9. The van der Waals surface area contributed by atoms with Crippen molar-refractivity contribution in [1.82, 2.24) is 14.7 Å². The first-order valence-corrected chi connectivity index (χ1v) is 6.57. The Bertz CT molecular complexity index is 527. The molecular formula is C13H18N5+. The summed E-state index contributed by atoms with van der Waals surface area (Å²) >= 11 is 0. The van der Waals surface area contributed by atoms with Crippen LogP contribution in [0.25, 0.3) is 0 Å². The van der Waals surface area contributed by atoms with Crippen molar-refractivity contribution in [1.29, 1.82) is 0 Å². The van der Waals surface area contributed by atoms with Gasteiger partial charge in [-0.05, 0) is 18.6 Å². The Kier molecular flexibility index (Phi) is 1.90. The molecule has 94 valence electrons. The van der Waals surface area contributed by atoms with E-state index in [9.17, 15) is 0 Å². The minimum atomic E-state index is 0.307. The van der Waals surface area contributed by atoms with Crippen LogP contribution in [0.5, 0.6) is 0 Å². The lowest BCUT2D eigenvalue weighted by molar-refractivity contribution is -0.491. The minimum Gasteiger partial charge on any atom is -0.268 e. The topological polar surface area (TPSA) is 25.1 Å². The number of guanidine groups is 2. The molecule has 0 aromatic carbocycles. The van der Waals surface area contributed by atoms with Gasteiger partial charge in [0, 0.05) is 6.20 Å². The van der Waals surface area contributed by atoms with Gasteiger partial charge in [0.2, 0.25) is 0 Å². The van der Waals surface area contributed by atoms with E-state index in [1.165, 1.54) is 11.5 Å². The molecule has 4 rings (SSSR count). The second kappa shape index (κ2) is 3.37. The van der Waals surface area contributed by atoms with E-state index in [0.29, 0.717) is 6.17 Å². The van der Waals surface area contributed by atoms with E-state index in [1.54, 1.807) is 0 Å². The van der Waals surface area contributed by atoms with Gasteiger partial charge in [0.25, 0.3) is 5.96 Å². The number of aliphatic imine (C=N–C) groups is 1. The molecular weight excluding hydrogens is 226 g/mol. The average molecular weight is 244 g/mol. The third-order valence-corrected chi connectivity index (χ3v) is 4.04. The smallest absolute Gasteiger partial charge is 0.268 e. The molecule has 0 aromatic heterocycles. The molecule has 0 spiro atoms. The third-order valence-electron chi connectivity index (χ3n) is 4.04. The highest BCUT2D eigenvalue weighted by molar-refractivity contribution is 6.01. The lowest BCUT2D eigenvalue weighted by Crippen LogP contribution is -2.64. The molecule has 1 saturated heterocycles. The van der Waals surface area contributed by atoms with Crippen LogP contribution in [0.15, 0.2) is 28.9 Å². The van der Waals surface area contributed by atoms with E-state index >= 15 is 0 Å². The zero-order valence-corrected chi connectivity index (χ0v) is 10.9. The number of likely N-dealkylation sites (N-methyl/N-ethyl adjacent to an activating group) is 1. The molecule has 4 aliphatic heterocycles. The van der Waals surface area contributed by atoms with Crippen LogP contribution in [0.4, 0.5) is 0 Å².